The first kappa shape index (κ1) is 17.0. The first-order valence-corrected chi connectivity index (χ1v) is 8.88. The van der Waals surface area contributed by atoms with Crippen LogP contribution in [0, 0.1) is 0 Å². The van der Waals surface area contributed by atoms with E-state index < -0.39 is 0 Å². The highest BCUT2D eigenvalue weighted by atomic mass is 35.5. The number of hydrogen-bond donors (Lipinski definition) is 2. The molecule has 0 unspecified atom stereocenters. The summed E-state index contributed by atoms with van der Waals surface area (Å²) in [5.41, 5.74) is 2.73. The lowest BCUT2D eigenvalue weighted by atomic mass is 10.1. The summed E-state index contributed by atoms with van der Waals surface area (Å²) in [5.74, 6) is 0. The molecular weight excluding hydrogens is 324 g/mol. The summed E-state index contributed by atoms with van der Waals surface area (Å²) in [5, 5.41) is 9.49. The molecule has 3 rings (SSSR count). The van der Waals surface area contributed by atoms with Gasteiger partial charge in [-0.3, -0.25) is 9.69 Å². The first-order valence-electron chi connectivity index (χ1n) is 8.50. The maximum Gasteiger partial charge on any atom is 0.285 e. The van der Waals surface area contributed by atoms with E-state index in [1.165, 1.54) is 49.9 Å². The number of halogens is 1. The van der Waals surface area contributed by atoms with Gasteiger partial charge in [-0.15, -0.1) is 0 Å². The van der Waals surface area contributed by atoms with Crippen molar-refractivity contribution in [3.05, 3.63) is 57.0 Å². The quantitative estimate of drug-likeness (QED) is 0.871. The highest BCUT2D eigenvalue weighted by Crippen LogP contribution is 2.19. The molecule has 1 aliphatic heterocycles. The van der Waals surface area contributed by atoms with E-state index in [0.29, 0.717) is 12.2 Å². The fourth-order valence-electron chi connectivity index (χ4n) is 3.12. The maximum absolute atomic E-state index is 11.5. The van der Waals surface area contributed by atoms with Gasteiger partial charge in [0, 0.05) is 13.1 Å². The number of hydrogen-bond acceptors (Lipinski definition) is 4. The lowest BCUT2D eigenvalue weighted by Gasteiger charge is -2.21. The third kappa shape index (κ3) is 4.36. The summed E-state index contributed by atoms with van der Waals surface area (Å²) < 4.78 is 0. The summed E-state index contributed by atoms with van der Waals surface area (Å²) in [6, 6.07) is 8.42. The minimum absolute atomic E-state index is 0.148. The van der Waals surface area contributed by atoms with Gasteiger partial charge in [0.05, 0.1) is 11.9 Å². The van der Waals surface area contributed by atoms with Crippen molar-refractivity contribution in [1.82, 2.24) is 15.1 Å². The number of aromatic nitrogens is 2. The zero-order valence-corrected chi connectivity index (χ0v) is 14.5. The van der Waals surface area contributed by atoms with Gasteiger partial charge in [-0.1, -0.05) is 48.7 Å². The molecule has 0 bridgehead atoms. The van der Waals surface area contributed by atoms with Crippen molar-refractivity contribution >= 4 is 17.3 Å². The molecule has 0 amide bonds. The van der Waals surface area contributed by atoms with E-state index in [4.69, 9.17) is 11.6 Å². The van der Waals surface area contributed by atoms with Gasteiger partial charge in [0.15, 0.2) is 0 Å². The fourth-order valence-corrected chi connectivity index (χ4v) is 3.27. The lowest BCUT2D eigenvalue weighted by Crippen LogP contribution is -2.24. The second kappa shape index (κ2) is 8.31. The Balaban J connectivity index is 1.69. The first-order chi connectivity index (χ1) is 11.7. The Morgan fingerprint density at radius 2 is 1.83 bits per heavy atom. The van der Waals surface area contributed by atoms with Crippen LogP contribution in [0.5, 0.6) is 0 Å². The second-order valence-corrected chi connectivity index (χ2v) is 6.62. The van der Waals surface area contributed by atoms with Crippen molar-refractivity contribution in [2.24, 2.45) is 0 Å². The van der Waals surface area contributed by atoms with Crippen molar-refractivity contribution in [3.63, 3.8) is 0 Å². The van der Waals surface area contributed by atoms with Crippen molar-refractivity contribution in [3.8, 4) is 0 Å². The summed E-state index contributed by atoms with van der Waals surface area (Å²) in [4.78, 5) is 14.1. The van der Waals surface area contributed by atoms with Crippen LogP contribution in [0.15, 0.2) is 35.3 Å². The van der Waals surface area contributed by atoms with E-state index in [-0.39, 0.29) is 10.6 Å². The minimum Gasteiger partial charge on any atom is -0.378 e. The molecule has 1 aliphatic rings. The van der Waals surface area contributed by atoms with Crippen LogP contribution in [0.3, 0.4) is 0 Å². The van der Waals surface area contributed by atoms with Crippen LogP contribution < -0.4 is 10.9 Å². The number of aromatic amines is 1. The molecular formula is C18H23ClN4O. The molecule has 1 aromatic carbocycles. The molecule has 2 N–H and O–H groups in total. The zero-order valence-electron chi connectivity index (χ0n) is 13.7. The van der Waals surface area contributed by atoms with Crippen LogP contribution in [-0.4, -0.2) is 28.2 Å². The molecule has 128 valence electrons. The molecule has 0 aliphatic carbocycles. The summed E-state index contributed by atoms with van der Waals surface area (Å²) in [6.45, 7) is 3.94. The summed E-state index contributed by atoms with van der Waals surface area (Å²) >= 11 is 6.02. The van der Waals surface area contributed by atoms with Gasteiger partial charge in [-0.05, 0) is 37.1 Å². The van der Waals surface area contributed by atoms with E-state index in [9.17, 15) is 4.79 Å². The van der Waals surface area contributed by atoms with Gasteiger partial charge in [0.25, 0.3) is 5.56 Å². The molecule has 0 radical (unpaired) electrons. The van der Waals surface area contributed by atoms with Crippen molar-refractivity contribution < 1.29 is 0 Å². The molecule has 0 atom stereocenters. The van der Waals surface area contributed by atoms with Gasteiger partial charge in [-0.25, -0.2) is 5.10 Å². The smallest absolute Gasteiger partial charge is 0.285 e. The van der Waals surface area contributed by atoms with Gasteiger partial charge in [0.1, 0.15) is 5.02 Å². The highest BCUT2D eigenvalue weighted by Gasteiger charge is 2.12. The van der Waals surface area contributed by atoms with Crippen molar-refractivity contribution in [2.75, 3.05) is 18.4 Å². The molecule has 1 aromatic heterocycles. The summed E-state index contributed by atoms with van der Waals surface area (Å²) in [7, 11) is 0. The number of nitrogens with one attached hydrogen (secondary N) is 2. The maximum atomic E-state index is 11.5. The van der Waals surface area contributed by atoms with E-state index >= 15 is 0 Å². The average molecular weight is 347 g/mol. The van der Waals surface area contributed by atoms with Crippen LogP contribution in [-0.2, 0) is 13.1 Å². The van der Waals surface area contributed by atoms with Gasteiger partial charge >= 0.3 is 0 Å². The van der Waals surface area contributed by atoms with Crippen LogP contribution in [0.25, 0.3) is 0 Å². The topological polar surface area (TPSA) is 61.0 Å². The molecule has 0 saturated carbocycles. The largest absolute Gasteiger partial charge is 0.378 e. The Labute approximate surface area is 147 Å². The van der Waals surface area contributed by atoms with Crippen molar-refractivity contribution in [2.45, 2.75) is 38.8 Å². The predicted octanol–water partition coefficient (Wildman–Crippen LogP) is 3.41. The number of H-pyrrole nitrogens is 1. The molecule has 2 heterocycles. The van der Waals surface area contributed by atoms with Gasteiger partial charge < -0.3 is 5.32 Å². The number of anilines is 1. The number of likely N-dealkylation sites (tertiary alicyclic amines) is 1. The van der Waals surface area contributed by atoms with E-state index in [2.05, 4.69) is 38.6 Å². The molecule has 1 fully saturated rings. The fraction of sp³-hybridized carbons (Fsp3) is 0.444. The third-order valence-electron chi connectivity index (χ3n) is 4.48. The molecule has 5 nitrogen and oxygen atoms in total. The molecule has 0 spiro atoms. The van der Waals surface area contributed by atoms with Crippen LogP contribution in [0.2, 0.25) is 5.02 Å². The Hall–Kier alpha value is -1.85. The lowest BCUT2D eigenvalue weighted by molar-refractivity contribution is 0.276. The number of rotatable bonds is 5. The van der Waals surface area contributed by atoms with Crippen LogP contribution in [0.1, 0.15) is 36.8 Å². The van der Waals surface area contributed by atoms with Crippen LogP contribution >= 0.6 is 11.6 Å². The molecule has 6 heteroatoms. The van der Waals surface area contributed by atoms with E-state index in [0.717, 1.165) is 6.54 Å². The summed E-state index contributed by atoms with van der Waals surface area (Å²) in [6.07, 6.45) is 6.80. The SMILES string of the molecule is O=c1[nH]ncc(NCc2ccccc2CN2CCCCCC2)c1Cl. The minimum atomic E-state index is -0.375. The Kier molecular flexibility index (Phi) is 5.88. The second-order valence-electron chi connectivity index (χ2n) is 6.24. The standard InChI is InChI=1S/C18H23ClN4O/c19-17-16(12-21-22-18(17)24)20-11-14-7-3-4-8-15(14)13-23-9-5-1-2-6-10-23/h3-4,7-8,12H,1-2,5-6,9-11,13H2,(H2,20,22,24). The normalized spacial score (nSPS) is 15.9. The number of benzene rings is 1. The predicted molar refractivity (Wildman–Crippen MR) is 97.4 cm³/mol. The van der Waals surface area contributed by atoms with E-state index in [1.54, 1.807) is 6.20 Å². The Bertz CT molecular complexity index is 723. The van der Waals surface area contributed by atoms with Crippen LogP contribution in [0.4, 0.5) is 5.69 Å². The average Bonchev–Trinajstić information content (AvgIpc) is 2.86. The monoisotopic (exact) mass is 346 g/mol. The number of nitrogens with zero attached hydrogens (tertiary/aromatic N) is 2. The van der Waals surface area contributed by atoms with Gasteiger partial charge in [0.2, 0.25) is 0 Å². The zero-order chi connectivity index (χ0) is 16.8. The Morgan fingerprint density at radius 1 is 1.12 bits per heavy atom. The van der Waals surface area contributed by atoms with Crippen molar-refractivity contribution in [1.29, 1.82) is 0 Å². The third-order valence-corrected chi connectivity index (χ3v) is 4.85. The Morgan fingerprint density at radius 3 is 2.58 bits per heavy atom. The highest BCUT2D eigenvalue weighted by molar-refractivity contribution is 6.32. The molecule has 2 aromatic rings. The van der Waals surface area contributed by atoms with Gasteiger partial charge in [-0.2, -0.15) is 5.10 Å². The van der Waals surface area contributed by atoms with E-state index in [1.807, 2.05) is 6.07 Å². The molecule has 24 heavy (non-hydrogen) atoms. The molecule has 1 saturated heterocycles.